The van der Waals surface area contributed by atoms with Crippen LogP contribution in [0.15, 0.2) is 36.4 Å². The number of aromatic nitrogens is 1. The van der Waals surface area contributed by atoms with Gasteiger partial charge in [-0.1, -0.05) is 26.0 Å². The summed E-state index contributed by atoms with van der Waals surface area (Å²) in [6.07, 6.45) is 1.71. The molecular formula is C15H17ClN2O2. The quantitative estimate of drug-likeness (QED) is 0.627. The fourth-order valence-corrected chi connectivity index (χ4v) is 1.98. The molecule has 0 atom stereocenters. The number of aryl methyl sites for hydroxylation is 2. The van der Waals surface area contributed by atoms with E-state index < -0.39 is 0 Å². The Morgan fingerprint density at radius 1 is 1.05 bits per heavy atom. The third kappa shape index (κ3) is 3.54. The minimum Gasteiger partial charge on any atom is -0.258 e. The first kappa shape index (κ1) is 16.1. The fourth-order valence-electron chi connectivity index (χ4n) is 1.98. The third-order valence-corrected chi connectivity index (χ3v) is 3.05. The summed E-state index contributed by atoms with van der Waals surface area (Å²) in [5.74, 6) is 0. The second kappa shape index (κ2) is 7.01. The van der Waals surface area contributed by atoms with Crippen molar-refractivity contribution in [2.24, 2.45) is 0 Å². The number of pyridine rings is 1. The molecule has 4 nitrogen and oxygen atoms in total. The molecule has 0 fully saturated rings. The van der Waals surface area contributed by atoms with Crippen molar-refractivity contribution in [1.29, 1.82) is 0 Å². The average Bonchev–Trinajstić information content (AvgIpc) is 2.46. The lowest BCUT2D eigenvalue weighted by atomic mass is 10.0. The third-order valence-electron chi connectivity index (χ3n) is 3.05. The van der Waals surface area contributed by atoms with E-state index in [-0.39, 0.29) is 23.0 Å². The first-order valence-corrected chi connectivity index (χ1v) is 6.38. The first-order valence-electron chi connectivity index (χ1n) is 6.38. The van der Waals surface area contributed by atoms with Gasteiger partial charge in [0.2, 0.25) is 0 Å². The lowest BCUT2D eigenvalue weighted by molar-refractivity contribution is -0.384. The number of hydrogen-bond donors (Lipinski definition) is 0. The summed E-state index contributed by atoms with van der Waals surface area (Å²) >= 11 is 0. The second-order valence-corrected chi connectivity index (χ2v) is 4.35. The Morgan fingerprint density at radius 2 is 1.65 bits per heavy atom. The van der Waals surface area contributed by atoms with Crippen LogP contribution in [-0.4, -0.2) is 9.91 Å². The summed E-state index contributed by atoms with van der Waals surface area (Å²) in [6.45, 7) is 4.11. The van der Waals surface area contributed by atoms with Crippen molar-refractivity contribution in [2.45, 2.75) is 26.7 Å². The molecule has 0 saturated heterocycles. The summed E-state index contributed by atoms with van der Waals surface area (Å²) in [6, 6.07) is 10.7. The molecule has 5 heteroatoms. The van der Waals surface area contributed by atoms with Crippen molar-refractivity contribution in [3.8, 4) is 11.1 Å². The van der Waals surface area contributed by atoms with Crippen LogP contribution in [0.1, 0.15) is 25.2 Å². The molecular weight excluding hydrogens is 276 g/mol. The molecule has 0 aliphatic heterocycles. The van der Waals surface area contributed by atoms with Crippen LogP contribution in [0.5, 0.6) is 0 Å². The Hall–Kier alpha value is -1.94. The van der Waals surface area contributed by atoms with Crippen LogP contribution in [0.25, 0.3) is 11.1 Å². The molecule has 0 aliphatic rings. The number of halogens is 1. The van der Waals surface area contributed by atoms with Crippen molar-refractivity contribution in [2.75, 3.05) is 0 Å². The molecule has 0 aliphatic carbocycles. The monoisotopic (exact) mass is 292 g/mol. The lowest BCUT2D eigenvalue weighted by Gasteiger charge is -2.07. The van der Waals surface area contributed by atoms with Gasteiger partial charge in [0.05, 0.1) is 4.92 Å². The van der Waals surface area contributed by atoms with E-state index in [4.69, 9.17) is 0 Å². The van der Waals surface area contributed by atoms with E-state index in [2.05, 4.69) is 18.8 Å². The SMILES string of the molecule is CCc1cc(-c2cccc([N+](=O)[O-])c2)cc(CC)n1.Cl. The fraction of sp³-hybridized carbons (Fsp3) is 0.267. The van der Waals surface area contributed by atoms with Gasteiger partial charge in [-0.15, -0.1) is 12.4 Å². The second-order valence-electron chi connectivity index (χ2n) is 4.35. The molecule has 0 unspecified atom stereocenters. The molecule has 2 rings (SSSR count). The van der Waals surface area contributed by atoms with Crippen LogP contribution < -0.4 is 0 Å². The van der Waals surface area contributed by atoms with Crippen molar-refractivity contribution in [1.82, 2.24) is 4.98 Å². The van der Waals surface area contributed by atoms with Gasteiger partial charge in [-0.3, -0.25) is 15.1 Å². The number of nitro groups is 1. The smallest absolute Gasteiger partial charge is 0.258 e. The highest BCUT2D eigenvalue weighted by molar-refractivity contribution is 5.85. The van der Waals surface area contributed by atoms with Crippen LogP contribution in [0.3, 0.4) is 0 Å². The van der Waals surface area contributed by atoms with Crippen LogP contribution in [-0.2, 0) is 12.8 Å². The van der Waals surface area contributed by atoms with Gasteiger partial charge in [-0.25, -0.2) is 0 Å². The minimum absolute atomic E-state index is 0. The van der Waals surface area contributed by atoms with Crippen molar-refractivity contribution >= 4 is 18.1 Å². The molecule has 0 amide bonds. The summed E-state index contributed by atoms with van der Waals surface area (Å²) in [5.41, 5.74) is 4.00. The molecule has 0 bridgehead atoms. The van der Waals surface area contributed by atoms with Crippen LogP contribution >= 0.6 is 12.4 Å². The standard InChI is InChI=1S/C15H16N2O2.ClH/c1-3-13-8-12(9-14(4-2)16-13)11-6-5-7-15(10-11)17(18)19;/h5-10H,3-4H2,1-2H3;1H. The van der Waals surface area contributed by atoms with Crippen molar-refractivity contribution in [3.05, 3.63) is 57.9 Å². The highest BCUT2D eigenvalue weighted by Gasteiger charge is 2.08. The molecule has 106 valence electrons. The average molecular weight is 293 g/mol. The van der Waals surface area contributed by atoms with Gasteiger partial charge in [-0.2, -0.15) is 0 Å². The number of benzene rings is 1. The van der Waals surface area contributed by atoms with Crippen molar-refractivity contribution < 1.29 is 4.92 Å². The van der Waals surface area contributed by atoms with Gasteiger partial charge < -0.3 is 0 Å². The Bertz CT molecular complexity index is 592. The molecule has 1 aromatic carbocycles. The van der Waals surface area contributed by atoms with E-state index in [9.17, 15) is 10.1 Å². The summed E-state index contributed by atoms with van der Waals surface area (Å²) in [5, 5.41) is 10.8. The zero-order valence-electron chi connectivity index (χ0n) is 11.5. The molecule has 0 N–H and O–H groups in total. The predicted octanol–water partition coefficient (Wildman–Crippen LogP) is 4.20. The van der Waals surface area contributed by atoms with E-state index in [0.717, 1.165) is 35.4 Å². The van der Waals surface area contributed by atoms with E-state index in [1.54, 1.807) is 12.1 Å². The summed E-state index contributed by atoms with van der Waals surface area (Å²) in [7, 11) is 0. The molecule has 0 radical (unpaired) electrons. The number of nitro benzene ring substituents is 1. The number of rotatable bonds is 4. The number of hydrogen-bond acceptors (Lipinski definition) is 3. The van der Waals surface area contributed by atoms with Gasteiger partial charge >= 0.3 is 0 Å². The molecule has 2 aromatic rings. The van der Waals surface area contributed by atoms with E-state index in [0.29, 0.717) is 0 Å². The summed E-state index contributed by atoms with van der Waals surface area (Å²) < 4.78 is 0. The maximum Gasteiger partial charge on any atom is 0.270 e. The Kier molecular flexibility index (Phi) is 5.65. The molecule has 0 saturated carbocycles. The van der Waals surface area contributed by atoms with Crippen LogP contribution in [0.2, 0.25) is 0 Å². The minimum atomic E-state index is -0.369. The Morgan fingerprint density at radius 3 is 2.15 bits per heavy atom. The summed E-state index contributed by atoms with van der Waals surface area (Å²) in [4.78, 5) is 15.0. The van der Waals surface area contributed by atoms with Crippen LogP contribution in [0.4, 0.5) is 5.69 Å². The molecule has 0 spiro atoms. The molecule has 1 aromatic heterocycles. The maximum atomic E-state index is 10.8. The Balaban J connectivity index is 0.00000200. The van der Waals surface area contributed by atoms with Gasteiger partial charge in [0.15, 0.2) is 0 Å². The van der Waals surface area contributed by atoms with Gasteiger partial charge in [0, 0.05) is 23.5 Å². The molecule has 20 heavy (non-hydrogen) atoms. The zero-order valence-corrected chi connectivity index (χ0v) is 12.3. The van der Waals surface area contributed by atoms with E-state index in [1.165, 1.54) is 6.07 Å². The van der Waals surface area contributed by atoms with Crippen LogP contribution in [0, 0.1) is 10.1 Å². The number of non-ortho nitro benzene ring substituents is 1. The Labute approximate surface area is 124 Å². The normalized spacial score (nSPS) is 9.90. The number of nitrogens with zero attached hydrogens (tertiary/aromatic N) is 2. The first-order chi connectivity index (χ1) is 9.13. The van der Waals surface area contributed by atoms with Gasteiger partial charge in [-0.05, 0) is 36.1 Å². The highest BCUT2D eigenvalue weighted by atomic mass is 35.5. The molecule has 1 heterocycles. The van der Waals surface area contributed by atoms with Gasteiger partial charge in [0.25, 0.3) is 5.69 Å². The largest absolute Gasteiger partial charge is 0.270 e. The maximum absolute atomic E-state index is 10.8. The van der Waals surface area contributed by atoms with E-state index >= 15 is 0 Å². The zero-order chi connectivity index (χ0) is 13.8. The van der Waals surface area contributed by atoms with E-state index in [1.807, 2.05) is 18.2 Å². The topological polar surface area (TPSA) is 56.0 Å². The van der Waals surface area contributed by atoms with Crippen molar-refractivity contribution in [3.63, 3.8) is 0 Å². The highest BCUT2D eigenvalue weighted by Crippen LogP contribution is 2.25. The van der Waals surface area contributed by atoms with Gasteiger partial charge in [0.1, 0.15) is 0 Å². The lowest BCUT2D eigenvalue weighted by Crippen LogP contribution is -1.95. The predicted molar refractivity (Wildman–Crippen MR) is 82.3 cm³/mol.